The Bertz CT molecular complexity index is 1160. The maximum absolute atomic E-state index is 13.1. The SMILES string of the molecule is CCOc1ccccc1CNC(=O)CN1C(=O)CCc2cc(S(=O)(=O)N3CCCCC3)ccc21. The molecule has 4 rings (SSSR count). The van der Waals surface area contributed by atoms with Gasteiger partial charge in [0.2, 0.25) is 21.8 Å². The number of nitrogens with one attached hydrogen (secondary N) is 1. The summed E-state index contributed by atoms with van der Waals surface area (Å²) in [5, 5.41) is 2.86. The van der Waals surface area contributed by atoms with Crippen LogP contribution in [0.25, 0.3) is 0 Å². The molecule has 0 atom stereocenters. The van der Waals surface area contributed by atoms with Crippen molar-refractivity contribution < 1.29 is 22.7 Å². The highest BCUT2D eigenvalue weighted by Crippen LogP contribution is 2.31. The van der Waals surface area contributed by atoms with Crippen molar-refractivity contribution in [3.05, 3.63) is 53.6 Å². The predicted octanol–water partition coefficient (Wildman–Crippen LogP) is 2.86. The molecule has 0 saturated carbocycles. The topological polar surface area (TPSA) is 96.0 Å². The zero-order valence-corrected chi connectivity index (χ0v) is 20.3. The number of hydrogen-bond acceptors (Lipinski definition) is 5. The van der Waals surface area contributed by atoms with Gasteiger partial charge in [0.25, 0.3) is 0 Å². The van der Waals surface area contributed by atoms with Crippen molar-refractivity contribution in [2.45, 2.75) is 50.5 Å². The van der Waals surface area contributed by atoms with Gasteiger partial charge in [0.1, 0.15) is 12.3 Å². The minimum atomic E-state index is -3.56. The fraction of sp³-hybridized carbons (Fsp3) is 0.440. The fourth-order valence-electron chi connectivity index (χ4n) is 4.46. The number of fused-ring (bicyclic) bond motifs is 1. The average molecular weight is 486 g/mol. The van der Waals surface area contributed by atoms with E-state index in [0.717, 1.165) is 30.4 Å². The molecule has 1 N–H and O–H groups in total. The van der Waals surface area contributed by atoms with Crippen molar-refractivity contribution in [2.24, 2.45) is 0 Å². The number of hydrogen-bond donors (Lipinski definition) is 1. The molecule has 2 aromatic carbocycles. The Labute approximate surface area is 200 Å². The molecule has 0 bridgehead atoms. The van der Waals surface area contributed by atoms with Crippen molar-refractivity contribution in [1.82, 2.24) is 9.62 Å². The second-order valence-corrected chi connectivity index (χ2v) is 10.5. The van der Waals surface area contributed by atoms with Crippen LogP contribution in [0.3, 0.4) is 0 Å². The number of nitrogens with zero attached hydrogens (tertiary/aromatic N) is 2. The van der Waals surface area contributed by atoms with Gasteiger partial charge in [-0.2, -0.15) is 4.31 Å². The Morgan fingerprint density at radius 2 is 1.82 bits per heavy atom. The Balaban J connectivity index is 1.47. The predicted molar refractivity (Wildman–Crippen MR) is 129 cm³/mol. The molecule has 0 aliphatic carbocycles. The molecule has 0 aromatic heterocycles. The number of piperidine rings is 1. The van der Waals surface area contributed by atoms with E-state index in [-0.39, 0.29) is 36.2 Å². The maximum Gasteiger partial charge on any atom is 0.243 e. The summed E-state index contributed by atoms with van der Waals surface area (Å²) >= 11 is 0. The lowest BCUT2D eigenvalue weighted by molar-refractivity contribution is -0.124. The Kier molecular flexibility index (Phi) is 7.53. The third-order valence-corrected chi connectivity index (χ3v) is 8.15. The summed E-state index contributed by atoms with van der Waals surface area (Å²) in [5.74, 6) is 0.272. The molecule has 2 aliphatic rings. The normalized spacial score (nSPS) is 16.7. The van der Waals surface area contributed by atoms with Crippen LogP contribution < -0.4 is 15.0 Å². The third kappa shape index (κ3) is 5.26. The number of anilines is 1. The van der Waals surface area contributed by atoms with Gasteiger partial charge in [-0.25, -0.2) is 8.42 Å². The minimum Gasteiger partial charge on any atom is -0.494 e. The molecule has 8 nitrogen and oxygen atoms in total. The standard InChI is InChI=1S/C25H31N3O5S/c1-2-33-23-9-5-4-8-20(23)17-26-24(29)18-28-22-12-11-21(16-19(22)10-13-25(28)30)34(31,32)27-14-6-3-7-15-27/h4-5,8-9,11-12,16H,2-3,6-7,10,13-15,17-18H2,1H3,(H,26,29). The lowest BCUT2D eigenvalue weighted by atomic mass is 10.0. The Hall–Kier alpha value is -2.91. The van der Waals surface area contributed by atoms with Gasteiger partial charge in [0, 0.05) is 37.3 Å². The Morgan fingerprint density at radius 1 is 1.06 bits per heavy atom. The first kappa shape index (κ1) is 24.2. The monoisotopic (exact) mass is 485 g/mol. The molecule has 1 fully saturated rings. The van der Waals surface area contributed by atoms with Crippen LogP contribution in [-0.2, 0) is 32.6 Å². The van der Waals surface area contributed by atoms with Gasteiger partial charge in [0.05, 0.1) is 11.5 Å². The van der Waals surface area contributed by atoms with Crippen molar-refractivity contribution >= 4 is 27.5 Å². The molecule has 2 amide bonds. The molecular weight excluding hydrogens is 454 g/mol. The smallest absolute Gasteiger partial charge is 0.243 e. The lowest BCUT2D eigenvalue weighted by Gasteiger charge is -2.30. The summed E-state index contributed by atoms with van der Waals surface area (Å²) in [4.78, 5) is 27.0. The molecule has 9 heteroatoms. The summed E-state index contributed by atoms with van der Waals surface area (Å²) in [6, 6.07) is 12.4. The number of ether oxygens (including phenoxy) is 1. The number of carbonyl (C=O) groups is 2. The average Bonchev–Trinajstić information content (AvgIpc) is 2.85. The van der Waals surface area contributed by atoms with Gasteiger partial charge >= 0.3 is 0 Å². The number of carbonyl (C=O) groups excluding carboxylic acids is 2. The lowest BCUT2D eigenvalue weighted by Crippen LogP contribution is -2.43. The van der Waals surface area contributed by atoms with E-state index in [1.807, 2.05) is 31.2 Å². The van der Waals surface area contributed by atoms with E-state index < -0.39 is 10.0 Å². The highest BCUT2D eigenvalue weighted by molar-refractivity contribution is 7.89. The van der Waals surface area contributed by atoms with Crippen molar-refractivity contribution in [1.29, 1.82) is 0 Å². The number of para-hydroxylation sites is 1. The van der Waals surface area contributed by atoms with E-state index in [0.29, 0.717) is 37.6 Å². The zero-order chi connectivity index (χ0) is 24.1. The van der Waals surface area contributed by atoms with E-state index >= 15 is 0 Å². The molecule has 0 radical (unpaired) electrons. The molecule has 0 spiro atoms. The van der Waals surface area contributed by atoms with Crippen LogP contribution in [-0.4, -0.2) is 50.8 Å². The minimum absolute atomic E-state index is 0.124. The summed E-state index contributed by atoms with van der Waals surface area (Å²) in [6.45, 7) is 3.67. The van der Waals surface area contributed by atoms with E-state index in [1.165, 1.54) is 9.21 Å². The van der Waals surface area contributed by atoms with Crippen LogP contribution in [0.1, 0.15) is 43.7 Å². The molecule has 2 heterocycles. The van der Waals surface area contributed by atoms with E-state index in [2.05, 4.69) is 5.32 Å². The summed E-state index contributed by atoms with van der Waals surface area (Å²) in [5.41, 5.74) is 2.22. The highest BCUT2D eigenvalue weighted by Gasteiger charge is 2.30. The van der Waals surface area contributed by atoms with E-state index in [9.17, 15) is 18.0 Å². The van der Waals surface area contributed by atoms with Crippen LogP contribution in [0.5, 0.6) is 5.75 Å². The van der Waals surface area contributed by atoms with E-state index in [1.54, 1.807) is 18.2 Å². The summed E-state index contributed by atoms with van der Waals surface area (Å²) in [7, 11) is -3.56. The molecular formula is C25H31N3O5S. The molecule has 2 aromatic rings. The molecule has 0 unspecified atom stereocenters. The largest absolute Gasteiger partial charge is 0.494 e. The highest BCUT2D eigenvalue weighted by atomic mass is 32.2. The van der Waals surface area contributed by atoms with Crippen molar-refractivity contribution in [3.8, 4) is 5.75 Å². The summed E-state index contributed by atoms with van der Waals surface area (Å²) in [6.07, 6.45) is 3.48. The van der Waals surface area contributed by atoms with Crippen LogP contribution in [0.4, 0.5) is 5.69 Å². The third-order valence-electron chi connectivity index (χ3n) is 6.25. The van der Waals surface area contributed by atoms with Crippen LogP contribution in [0.15, 0.2) is 47.4 Å². The molecule has 1 saturated heterocycles. The summed E-state index contributed by atoms with van der Waals surface area (Å²) < 4.78 is 33.3. The van der Waals surface area contributed by atoms with Crippen LogP contribution in [0.2, 0.25) is 0 Å². The quantitative estimate of drug-likeness (QED) is 0.620. The first-order valence-corrected chi connectivity index (χ1v) is 13.2. The number of benzene rings is 2. The molecule has 2 aliphatic heterocycles. The molecule has 34 heavy (non-hydrogen) atoms. The number of aryl methyl sites for hydroxylation is 1. The van der Waals surface area contributed by atoms with Gasteiger partial charge in [-0.05, 0) is 56.0 Å². The van der Waals surface area contributed by atoms with Crippen molar-refractivity contribution in [3.63, 3.8) is 0 Å². The second-order valence-electron chi connectivity index (χ2n) is 8.55. The molecule has 182 valence electrons. The van der Waals surface area contributed by atoms with E-state index in [4.69, 9.17) is 4.74 Å². The van der Waals surface area contributed by atoms with Gasteiger partial charge in [-0.3, -0.25) is 9.59 Å². The van der Waals surface area contributed by atoms with Gasteiger partial charge < -0.3 is 15.0 Å². The van der Waals surface area contributed by atoms with Crippen LogP contribution in [0, 0.1) is 0 Å². The fourth-order valence-corrected chi connectivity index (χ4v) is 6.03. The van der Waals surface area contributed by atoms with Crippen LogP contribution >= 0.6 is 0 Å². The maximum atomic E-state index is 13.1. The second kappa shape index (κ2) is 10.6. The first-order valence-electron chi connectivity index (χ1n) is 11.8. The van der Waals surface area contributed by atoms with Gasteiger partial charge in [-0.15, -0.1) is 0 Å². The Morgan fingerprint density at radius 3 is 2.59 bits per heavy atom. The number of rotatable bonds is 8. The number of sulfonamides is 1. The first-order chi connectivity index (χ1) is 16.4. The van der Waals surface area contributed by atoms with Gasteiger partial charge in [-0.1, -0.05) is 24.6 Å². The zero-order valence-electron chi connectivity index (χ0n) is 19.5. The van der Waals surface area contributed by atoms with Crippen molar-refractivity contribution in [2.75, 3.05) is 31.1 Å². The van der Waals surface area contributed by atoms with Gasteiger partial charge in [0.15, 0.2) is 0 Å². The number of amides is 2.